The summed E-state index contributed by atoms with van der Waals surface area (Å²) in [5.41, 5.74) is 3.70. The molecular weight excluding hydrogens is 693 g/mol. The van der Waals surface area contributed by atoms with Crippen LogP contribution in [-0.2, 0) is 9.59 Å². The second-order valence-corrected chi connectivity index (χ2v) is 17.8. The van der Waals surface area contributed by atoms with Gasteiger partial charge in [-0.2, -0.15) is 0 Å². The van der Waals surface area contributed by atoms with E-state index in [9.17, 15) is 27.2 Å². The molecule has 0 bridgehead atoms. The number of fused-ring (bicyclic) bond motifs is 1. The molecule has 3 aliphatic rings. The highest BCUT2D eigenvalue weighted by Crippen LogP contribution is 2.42. The molecule has 0 radical (unpaired) electrons. The van der Waals surface area contributed by atoms with Gasteiger partial charge >= 0.3 is 0 Å². The zero-order valence-corrected chi connectivity index (χ0v) is 32.2. The Morgan fingerprint density at radius 2 is 1.46 bits per heavy atom. The number of benzene rings is 2. The Morgan fingerprint density at radius 1 is 0.852 bits per heavy atom. The molecule has 0 spiro atoms. The molecule has 1 amide bonds. The molecule has 1 aromatic heterocycles. The van der Waals surface area contributed by atoms with Gasteiger partial charge in [-0.25, -0.2) is 22.5 Å². The molecule has 288 valence electrons. The molecule has 2 N–H and O–H groups in total. The summed E-state index contributed by atoms with van der Waals surface area (Å²) in [5, 5.41) is 5.18. The molecule has 2 atom stereocenters. The number of allylic oxidation sites excluding steroid dienone is 1. The van der Waals surface area contributed by atoms with Gasteiger partial charge in [0.1, 0.15) is 11.6 Å². The minimum atomic E-state index is -2.68. The molecule has 1 aliphatic heterocycles. The fourth-order valence-corrected chi connectivity index (χ4v) is 7.91. The summed E-state index contributed by atoms with van der Waals surface area (Å²) in [4.78, 5) is 39.2. The van der Waals surface area contributed by atoms with Crippen molar-refractivity contribution in [3.05, 3.63) is 65.8 Å². The number of nitrogens with zero attached hydrogens (tertiary/aromatic N) is 2. The van der Waals surface area contributed by atoms with Crippen LogP contribution in [0, 0.1) is 34.5 Å². The van der Waals surface area contributed by atoms with Crippen LogP contribution in [0.15, 0.2) is 59.4 Å². The number of halogens is 4. The van der Waals surface area contributed by atoms with Gasteiger partial charge in [0, 0.05) is 84.9 Å². The Morgan fingerprint density at radius 3 is 2.09 bits per heavy atom. The first-order valence-corrected chi connectivity index (χ1v) is 19.2. The van der Waals surface area contributed by atoms with Gasteiger partial charge in [-0.3, -0.25) is 14.6 Å². The number of aromatic amines is 1. The second-order valence-electron chi connectivity index (χ2n) is 17.8. The van der Waals surface area contributed by atoms with Crippen molar-refractivity contribution in [2.24, 2.45) is 27.7 Å². The van der Waals surface area contributed by atoms with E-state index in [1.807, 2.05) is 51.1 Å². The molecule has 2 fully saturated rings. The van der Waals surface area contributed by atoms with Crippen LogP contribution in [0.5, 0.6) is 0 Å². The molecule has 2 saturated carbocycles. The minimum absolute atomic E-state index is 0.0382. The molecule has 6 rings (SSSR count). The average Bonchev–Trinajstić information content (AvgIpc) is 3.77. The SMILES string of the molecule is CC(C)(C)[C@H](NC(=O)C1CCC(F)(F)CC1)C1=NC=C(C#Cc2ccc3cc(-c4cnc([C@@H](CC(=O)C5CCC(F)(F)CC5)C(C)(C)C)[nH]4)ccc3c2)C1. The minimum Gasteiger partial charge on any atom is -0.347 e. The number of hydrogen-bond donors (Lipinski definition) is 2. The van der Waals surface area contributed by atoms with E-state index in [4.69, 9.17) is 4.98 Å². The van der Waals surface area contributed by atoms with Crippen molar-refractivity contribution in [3.8, 4) is 23.1 Å². The van der Waals surface area contributed by atoms with Gasteiger partial charge in [0.25, 0.3) is 0 Å². The molecule has 0 unspecified atom stereocenters. The quantitative estimate of drug-likeness (QED) is 0.178. The maximum absolute atomic E-state index is 13.7. The third kappa shape index (κ3) is 9.51. The van der Waals surface area contributed by atoms with Crippen LogP contribution >= 0.6 is 0 Å². The van der Waals surface area contributed by atoms with E-state index in [-0.39, 0.29) is 98.2 Å². The largest absolute Gasteiger partial charge is 0.347 e. The number of rotatable bonds is 8. The van der Waals surface area contributed by atoms with Crippen molar-refractivity contribution >= 4 is 28.2 Å². The first kappa shape index (κ1) is 39.4. The summed E-state index contributed by atoms with van der Waals surface area (Å²) in [6.07, 6.45) is 4.19. The van der Waals surface area contributed by atoms with E-state index in [1.54, 1.807) is 12.4 Å². The van der Waals surface area contributed by atoms with Gasteiger partial charge in [-0.15, -0.1) is 0 Å². The van der Waals surface area contributed by atoms with Gasteiger partial charge in [0.2, 0.25) is 17.8 Å². The van der Waals surface area contributed by atoms with Gasteiger partial charge in [-0.1, -0.05) is 71.6 Å². The lowest BCUT2D eigenvalue weighted by Gasteiger charge is -2.34. The van der Waals surface area contributed by atoms with E-state index in [0.717, 1.165) is 44.7 Å². The summed E-state index contributed by atoms with van der Waals surface area (Å²) in [7, 11) is 0. The van der Waals surface area contributed by atoms with Crippen molar-refractivity contribution in [3.63, 3.8) is 0 Å². The van der Waals surface area contributed by atoms with Gasteiger partial charge < -0.3 is 10.3 Å². The second kappa shape index (κ2) is 15.1. The number of alkyl halides is 4. The fourth-order valence-electron chi connectivity index (χ4n) is 7.91. The Hall–Kier alpha value is -4.26. The topological polar surface area (TPSA) is 87.2 Å². The van der Waals surface area contributed by atoms with Crippen molar-refractivity contribution in [1.82, 2.24) is 15.3 Å². The van der Waals surface area contributed by atoms with E-state index < -0.39 is 17.8 Å². The van der Waals surface area contributed by atoms with Crippen LogP contribution in [0.4, 0.5) is 17.6 Å². The number of ketones is 1. The first-order chi connectivity index (χ1) is 25.3. The first-order valence-electron chi connectivity index (χ1n) is 19.2. The predicted octanol–water partition coefficient (Wildman–Crippen LogP) is 10.6. The van der Waals surface area contributed by atoms with Gasteiger partial charge in [0.05, 0.1) is 17.9 Å². The van der Waals surface area contributed by atoms with Crippen molar-refractivity contribution < 1.29 is 27.2 Å². The Kier molecular flexibility index (Phi) is 11.0. The zero-order chi connectivity index (χ0) is 39.1. The van der Waals surface area contributed by atoms with E-state index in [1.165, 1.54) is 0 Å². The number of hydrogen-bond acceptors (Lipinski definition) is 4. The van der Waals surface area contributed by atoms with Crippen LogP contribution in [0.25, 0.3) is 22.0 Å². The molecule has 2 aliphatic carbocycles. The third-order valence-corrected chi connectivity index (χ3v) is 11.4. The van der Waals surface area contributed by atoms with Crippen LogP contribution in [0.1, 0.15) is 123 Å². The number of nitrogens with one attached hydrogen (secondary N) is 2. The molecule has 54 heavy (non-hydrogen) atoms. The Bertz CT molecular complexity index is 2000. The number of H-pyrrole nitrogens is 1. The van der Waals surface area contributed by atoms with Gasteiger partial charge in [0.15, 0.2) is 0 Å². The van der Waals surface area contributed by atoms with E-state index in [0.29, 0.717) is 6.42 Å². The smallest absolute Gasteiger partial charge is 0.248 e. The normalized spacial score (nSPS) is 20.4. The van der Waals surface area contributed by atoms with Crippen LogP contribution in [0.3, 0.4) is 0 Å². The molecule has 6 nitrogen and oxygen atoms in total. The monoisotopic (exact) mass is 744 g/mol. The lowest BCUT2D eigenvalue weighted by molar-refractivity contribution is -0.130. The maximum atomic E-state index is 13.7. The molecule has 10 heteroatoms. The number of Topliss-reactive ketones (excluding diaryl/α,β-unsaturated/α-hetero) is 1. The molecule has 2 aromatic carbocycles. The number of carbonyl (C=O) groups excluding carboxylic acids is 2. The molecule has 0 saturated heterocycles. The summed E-state index contributed by atoms with van der Waals surface area (Å²) in [6.45, 7) is 12.3. The average molecular weight is 745 g/mol. The summed E-state index contributed by atoms with van der Waals surface area (Å²) >= 11 is 0. The van der Waals surface area contributed by atoms with Crippen LogP contribution < -0.4 is 5.32 Å². The lowest BCUT2D eigenvalue weighted by atomic mass is 9.74. The summed E-state index contributed by atoms with van der Waals surface area (Å²) in [5.74, 6) is 0.824. The number of amides is 1. The molecular formula is C44H52F4N4O2. The Labute approximate surface area is 316 Å². The third-order valence-electron chi connectivity index (χ3n) is 11.4. The predicted molar refractivity (Wildman–Crippen MR) is 206 cm³/mol. The van der Waals surface area contributed by atoms with Gasteiger partial charge in [-0.05, 0) is 65.5 Å². The Balaban J connectivity index is 1.09. The van der Waals surface area contributed by atoms with Crippen molar-refractivity contribution in [2.45, 2.75) is 130 Å². The van der Waals surface area contributed by atoms with E-state index >= 15 is 0 Å². The highest BCUT2D eigenvalue weighted by molar-refractivity contribution is 5.98. The van der Waals surface area contributed by atoms with Crippen molar-refractivity contribution in [1.29, 1.82) is 0 Å². The molecule has 3 aromatic rings. The zero-order valence-electron chi connectivity index (χ0n) is 32.2. The van der Waals surface area contributed by atoms with Crippen LogP contribution in [0.2, 0.25) is 0 Å². The number of aromatic nitrogens is 2. The highest BCUT2D eigenvalue weighted by atomic mass is 19.3. The number of carbonyl (C=O) groups is 2. The highest BCUT2D eigenvalue weighted by Gasteiger charge is 2.41. The lowest BCUT2D eigenvalue weighted by Crippen LogP contribution is -2.51. The standard InChI is InChI=1S/C44H52F4N4O2/c1-41(2,3)34(24-37(53)29-13-17-43(45,46)18-14-29)39-50-26-36(51-39)33-12-11-31-21-27(9-10-32(31)23-33)7-8-28-22-35(49-25-28)38(42(4,5)6)52-40(54)30-15-19-44(47,48)20-16-30/h9-12,21,23,25-26,29-30,34,38H,13-20,22,24H2,1-6H3,(H,50,51)(H,52,54)/t34-,38-/m1/s1. The summed E-state index contributed by atoms with van der Waals surface area (Å²) < 4.78 is 54.8. The summed E-state index contributed by atoms with van der Waals surface area (Å²) in [6, 6.07) is 11.9. The number of aliphatic imine (C=N–C) groups is 1. The van der Waals surface area contributed by atoms with Crippen LogP contribution in [-0.4, -0.2) is 45.3 Å². The van der Waals surface area contributed by atoms with Crippen molar-refractivity contribution in [2.75, 3.05) is 0 Å². The molecule has 2 heterocycles. The number of imidazole rings is 1. The maximum Gasteiger partial charge on any atom is 0.248 e. The van der Waals surface area contributed by atoms with E-state index in [2.05, 4.69) is 54.0 Å². The fraction of sp³-hybridized carbons (Fsp3) is 0.545.